The first kappa shape index (κ1) is 30.7. The highest BCUT2D eigenvalue weighted by molar-refractivity contribution is 6.12. The molecule has 10 aromatic rings. The predicted molar refractivity (Wildman–Crippen MR) is 222 cm³/mol. The average Bonchev–Trinajstić information content (AvgIpc) is 3.88. The molecule has 0 amide bonds. The highest BCUT2D eigenvalue weighted by Crippen LogP contribution is 2.54. The average molecular weight is 695 g/mol. The molecule has 0 saturated heterocycles. The third kappa shape index (κ3) is 4.60. The molecule has 1 aliphatic rings. The molecule has 256 valence electrons. The molecule has 0 radical (unpaired) electrons. The van der Waals surface area contributed by atoms with Crippen LogP contribution in [0.2, 0.25) is 0 Å². The van der Waals surface area contributed by atoms with E-state index in [1.165, 1.54) is 44.2 Å². The van der Waals surface area contributed by atoms with Gasteiger partial charge in [-0.05, 0) is 111 Å². The van der Waals surface area contributed by atoms with Crippen LogP contribution in [-0.2, 0) is 5.41 Å². The van der Waals surface area contributed by atoms with E-state index in [1.54, 1.807) is 0 Å². The molecule has 8 aromatic carbocycles. The topological polar surface area (TPSA) is 42.4 Å². The summed E-state index contributed by atoms with van der Waals surface area (Å²) in [6.45, 7) is 4.71. The maximum Gasteiger partial charge on any atom is 0.228 e. The summed E-state index contributed by atoms with van der Waals surface area (Å²) >= 11 is 0. The van der Waals surface area contributed by atoms with E-state index in [0.717, 1.165) is 55.7 Å². The van der Waals surface area contributed by atoms with Crippen molar-refractivity contribution in [2.45, 2.75) is 19.3 Å². The molecule has 0 aliphatic heterocycles. The lowest BCUT2D eigenvalue weighted by Gasteiger charge is -2.28. The number of benzene rings is 8. The van der Waals surface area contributed by atoms with Crippen LogP contribution in [0.3, 0.4) is 0 Å². The Morgan fingerprint density at radius 3 is 2.11 bits per heavy atom. The molecular weight excluding hydrogens is 661 g/mol. The smallest absolute Gasteiger partial charge is 0.228 e. The molecule has 0 unspecified atom stereocenters. The van der Waals surface area contributed by atoms with Gasteiger partial charge in [-0.2, -0.15) is 0 Å². The van der Waals surface area contributed by atoms with E-state index in [4.69, 9.17) is 13.8 Å². The summed E-state index contributed by atoms with van der Waals surface area (Å²) in [4.78, 5) is 7.15. The van der Waals surface area contributed by atoms with Crippen molar-refractivity contribution in [3.8, 4) is 33.7 Å². The third-order valence-electron chi connectivity index (χ3n) is 11.3. The number of rotatable bonds is 5. The van der Waals surface area contributed by atoms with Gasteiger partial charge >= 0.3 is 0 Å². The summed E-state index contributed by atoms with van der Waals surface area (Å²) in [7, 11) is 0. The first-order valence-electron chi connectivity index (χ1n) is 18.5. The van der Waals surface area contributed by atoms with Crippen LogP contribution in [0.1, 0.15) is 25.0 Å². The Bertz CT molecular complexity index is 3060. The minimum atomic E-state index is -0.195. The lowest BCUT2D eigenvalue weighted by Crippen LogP contribution is -2.16. The van der Waals surface area contributed by atoms with Crippen molar-refractivity contribution < 1.29 is 8.83 Å². The summed E-state index contributed by atoms with van der Waals surface area (Å²) in [5.74, 6) is 0.588. The van der Waals surface area contributed by atoms with Gasteiger partial charge in [-0.15, -0.1) is 0 Å². The zero-order chi connectivity index (χ0) is 36.0. The standard InChI is InChI=1S/C50H34N2O2/c1-50(2)41-18-10-16-37(33-23-22-31-12-6-7-13-32(31)28-33)47(41)38-26-24-35(29-42(38)50)52(34-14-4-3-5-15-34)36-25-27-39-46(30-36)53-45-21-11-17-40(48(39)45)49-51-43-19-8-9-20-44(43)54-49/h3-30H,1-2H3. The van der Waals surface area contributed by atoms with Crippen LogP contribution >= 0.6 is 0 Å². The molecule has 0 fully saturated rings. The van der Waals surface area contributed by atoms with E-state index in [1.807, 2.05) is 36.4 Å². The van der Waals surface area contributed by atoms with E-state index in [0.29, 0.717) is 5.89 Å². The molecule has 4 heteroatoms. The van der Waals surface area contributed by atoms with Gasteiger partial charge in [0.05, 0.1) is 0 Å². The second-order valence-electron chi connectivity index (χ2n) is 14.8. The fourth-order valence-electron chi connectivity index (χ4n) is 8.66. The van der Waals surface area contributed by atoms with Crippen LogP contribution in [-0.4, -0.2) is 4.98 Å². The molecule has 2 aromatic heterocycles. The minimum absolute atomic E-state index is 0.195. The molecule has 0 spiro atoms. The number of hydrogen-bond donors (Lipinski definition) is 0. The first-order chi connectivity index (χ1) is 26.5. The lowest BCUT2D eigenvalue weighted by atomic mass is 9.81. The number of oxazole rings is 1. The summed E-state index contributed by atoms with van der Waals surface area (Å²) in [6, 6.07) is 60.2. The van der Waals surface area contributed by atoms with Gasteiger partial charge in [-0.1, -0.05) is 111 Å². The maximum absolute atomic E-state index is 6.59. The summed E-state index contributed by atoms with van der Waals surface area (Å²) in [6.07, 6.45) is 0. The Morgan fingerprint density at radius 2 is 1.22 bits per heavy atom. The van der Waals surface area contributed by atoms with Crippen LogP contribution in [0.25, 0.3) is 77.5 Å². The van der Waals surface area contributed by atoms with Crippen molar-refractivity contribution >= 4 is 60.9 Å². The minimum Gasteiger partial charge on any atom is -0.456 e. The number of anilines is 3. The van der Waals surface area contributed by atoms with Gasteiger partial charge in [-0.3, -0.25) is 0 Å². The molecule has 4 nitrogen and oxygen atoms in total. The van der Waals surface area contributed by atoms with Gasteiger partial charge in [0.2, 0.25) is 5.89 Å². The van der Waals surface area contributed by atoms with E-state index in [2.05, 4.69) is 152 Å². The van der Waals surface area contributed by atoms with Crippen LogP contribution in [0.4, 0.5) is 17.1 Å². The number of hydrogen-bond acceptors (Lipinski definition) is 4. The van der Waals surface area contributed by atoms with Crippen molar-refractivity contribution in [1.29, 1.82) is 0 Å². The van der Waals surface area contributed by atoms with Crippen molar-refractivity contribution in [1.82, 2.24) is 4.98 Å². The molecular formula is C50H34N2O2. The Kier molecular flexibility index (Phi) is 6.56. The molecule has 0 atom stereocenters. The van der Waals surface area contributed by atoms with Crippen molar-refractivity contribution in [3.63, 3.8) is 0 Å². The SMILES string of the molecule is CC1(C)c2cc(N(c3ccccc3)c3ccc4c(c3)oc3cccc(-c5nc6ccccc6o5)c34)ccc2-c2c(-c3ccc4ccccc4c3)cccc21. The van der Waals surface area contributed by atoms with E-state index >= 15 is 0 Å². The fourth-order valence-corrected chi connectivity index (χ4v) is 8.66. The largest absolute Gasteiger partial charge is 0.456 e. The van der Waals surface area contributed by atoms with E-state index in [9.17, 15) is 0 Å². The molecule has 0 saturated carbocycles. The van der Waals surface area contributed by atoms with Gasteiger partial charge in [0.25, 0.3) is 0 Å². The number of nitrogens with zero attached hydrogens (tertiary/aromatic N) is 2. The van der Waals surface area contributed by atoms with Crippen molar-refractivity contribution in [2.24, 2.45) is 0 Å². The third-order valence-corrected chi connectivity index (χ3v) is 11.3. The molecule has 0 N–H and O–H groups in total. The zero-order valence-corrected chi connectivity index (χ0v) is 29.9. The van der Waals surface area contributed by atoms with Gasteiger partial charge in [0, 0.05) is 44.9 Å². The normalized spacial score (nSPS) is 13.1. The fraction of sp³-hybridized carbons (Fsp3) is 0.0600. The van der Waals surface area contributed by atoms with Gasteiger partial charge < -0.3 is 13.7 Å². The second-order valence-corrected chi connectivity index (χ2v) is 14.8. The Labute approximate surface area is 312 Å². The van der Waals surface area contributed by atoms with Crippen molar-refractivity contribution in [3.05, 3.63) is 181 Å². The lowest BCUT2D eigenvalue weighted by molar-refractivity contribution is 0.620. The summed E-state index contributed by atoms with van der Waals surface area (Å²) < 4.78 is 12.8. The van der Waals surface area contributed by atoms with Crippen LogP contribution in [0, 0.1) is 0 Å². The highest BCUT2D eigenvalue weighted by atomic mass is 16.3. The summed E-state index contributed by atoms with van der Waals surface area (Å²) in [5, 5.41) is 4.52. The Hall–Kier alpha value is -6.91. The Morgan fingerprint density at radius 1 is 0.481 bits per heavy atom. The number of furan rings is 1. The molecule has 2 heterocycles. The highest BCUT2D eigenvalue weighted by Gasteiger charge is 2.37. The first-order valence-corrected chi connectivity index (χ1v) is 18.5. The maximum atomic E-state index is 6.59. The van der Waals surface area contributed by atoms with Gasteiger partial charge in [0.15, 0.2) is 5.58 Å². The molecule has 54 heavy (non-hydrogen) atoms. The van der Waals surface area contributed by atoms with Gasteiger partial charge in [-0.25, -0.2) is 4.98 Å². The van der Waals surface area contributed by atoms with Crippen LogP contribution in [0.15, 0.2) is 179 Å². The predicted octanol–water partition coefficient (Wildman–Crippen LogP) is 14.0. The molecule has 11 rings (SSSR count). The van der Waals surface area contributed by atoms with Gasteiger partial charge in [0.1, 0.15) is 16.7 Å². The van der Waals surface area contributed by atoms with E-state index < -0.39 is 0 Å². The molecule has 1 aliphatic carbocycles. The number of aromatic nitrogens is 1. The number of fused-ring (bicyclic) bond motifs is 8. The monoisotopic (exact) mass is 694 g/mol. The van der Waals surface area contributed by atoms with Crippen LogP contribution < -0.4 is 4.90 Å². The van der Waals surface area contributed by atoms with E-state index in [-0.39, 0.29) is 5.41 Å². The number of para-hydroxylation sites is 3. The molecule has 0 bridgehead atoms. The zero-order valence-electron chi connectivity index (χ0n) is 29.9. The summed E-state index contributed by atoms with van der Waals surface area (Å²) in [5.41, 5.74) is 14.9. The van der Waals surface area contributed by atoms with Crippen LogP contribution in [0.5, 0.6) is 0 Å². The quantitative estimate of drug-likeness (QED) is 0.180. The Balaban J connectivity index is 1.05. The van der Waals surface area contributed by atoms with Crippen molar-refractivity contribution in [2.75, 3.05) is 4.90 Å². The second kappa shape index (κ2) is 11.5.